The first kappa shape index (κ1) is 17.0. The number of amides is 1. The van der Waals surface area contributed by atoms with E-state index in [1.54, 1.807) is 0 Å². The van der Waals surface area contributed by atoms with E-state index < -0.39 is 0 Å². The molecule has 0 bridgehead atoms. The van der Waals surface area contributed by atoms with Crippen LogP contribution in [0, 0.1) is 5.41 Å². The molecule has 4 rings (SSSR count). The third-order valence-electron chi connectivity index (χ3n) is 6.46. The Labute approximate surface area is 151 Å². The highest BCUT2D eigenvalue weighted by molar-refractivity contribution is 5.77. The van der Waals surface area contributed by atoms with Gasteiger partial charge >= 0.3 is 0 Å². The zero-order chi connectivity index (χ0) is 17.3. The number of nitrogens with zero attached hydrogens (tertiary/aromatic N) is 2. The maximum absolute atomic E-state index is 12.2. The molecule has 2 saturated heterocycles. The summed E-state index contributed by atoms with van der Waals surface area (Å²) in [6.07, 6.45) is 7.80. The van der Waals surface area contributed by atoms with E-state index in [1.807, 2.05) is 0 Å². The van der Waals surface area contributed by atoms with E-state index in [0.717, 1.165) is 45.4 Å². The van der Waals surface area contributed by atoms with E-state index in [4.69, 9.17) is 5.73 Å². The summed E-state index contributed by atoms with van der Waals surface area (Å²) in [4.78, 5) is 17.0. The molecule has 0 unspecified atom stereocenters. The first-order valence-corrected chi connectivity index (χ1v) is 9.97. The van der Waals surface area contributed by atoms with Crippen LogP contribution in [-0.4, -0.2) is 47.9 Å². The zero-order valence-corrected chi connectivity index (χ0v) is 15.3. The molecular weight excluding hydrogens is 310 g/mol. The van der Waals surface area contributed by atoms with E-state index in [9.17, 15) is 4.79 Å². The molecule has 3 aliphatic rings. The molecule has 3 fully saturated rings. The van der Waals surface area contributed by atoms with Gasteiger partial charge in [-0.25, -0.2) is 0 Å². The molecule has 1 aliphatic carbocycles. The van der Waals surface area contributed by atoms with Gasteiger partial charge in [0.15, 0.2) is 0 Å². The number of hydrogen-bond donors (Lipinski definition) is 1. The largest absolute Gasteiger partial charge is 0.339 e. The average molecular weight is 341 g/mol. The molecule has 1 aromatic carbocycles. The Morgan fingerprint density at radius 2 is 1.72 bits per heavy atom. The predicted molar refractivity (Wildman–Crippen MR) is 100 cm³/mol. The summed E-state index contributed by atoms with van der Waals surface area (Å²) in [6.45, 7) is 5.12. The van der Waals surface area contributed by atoms with Crippen molar-refractivity contribution in [1.82, 2.24) is 9.80 Å². The smallest absolute Gasteiger partial charge is 0.222 e. The molecule has 136 valence electrons. The molecule has 1 saturated carbocycles. The van der Waals surface area contributed by atoms with Crippen molar-refractivity contribution in [3.8, 4) is 0 Å². The summed E-state index contributed by atoms with van der Waals surface area (Å²) in [5, 5.41) is 0. The van der Waals surface area contributed by atoms with Crippen LogP contribution in [0.15, 0.2) is 24.3 Å². The van der Waals surface area contributed by atoms with Crippen molar-refractivity contribution in [1.29, 1.82) is 0 Å². The fraction of sp³-hybridized carbons (Fsp3) is 0.667. The lowest BCUT2D eigenvalue weighted by molar-refractivity contribution is -0.139. The van der Waals surface area contributed by atoms with Crippen LogP contribution in [0.5, 0.6) is 0 Å². The molecule has 0 atom stereocenters. The van der Waals surface area contributed by atoms with Gasteiger partial charge in [0.25, 0.3) is 0 Å². The van der Waals surface area contributed by atoms with Gasteiger partial charge in [0, 0.05) is 25.6 Å². The maximum atomic E-state index is 12.2. The van der Waals surface area contributed by atoms with Crippen LogP contribution in [0.2, 0.25) is 0 Å². The van der Waals surface area contributed by atoms with Gasteiger partial charge in [-0.15, -0.1) is 0 Å². The van der Waals surface area contributed by atoms with E-state index in [2.05, 4.69) is 34.1 Å². The quantitative estimate of drug-likeness (QED) is 0.895. The molecule has 2 heterocycles. The van der Waals surface area contributed by atoms with Crippen LogP contribution in [-0.2, 0) is 17.8 Å². The predicted octanol–water partition coefficient (Wildman–Crippen LogP) is 2.55. The molecule has 0 radical (unpaired) electrons. The summed E-state index contributed by atoms with van der Waals surface area (Å²) in [7, 11) is 0. The molecule has 0 aromatic heterocycles. The van der Waals surface area contributed by atoms with Crippen LogP contribution in [0.1, 0.15) is 49.7 Å². The summed E-state index contributed by atoms with van der Waals surface area (Å²) in [5.41, 5.74) is 8.75. The fourth-order valence-electron chi connectivity index (χ4n) is 4.59. The zero-order valence-electron chi connectivity index (χ0n) is 15.3. The highest BCUT2D eigenvalue weighted by Crippen LogP contribution is 2.43. The van der Waals surface area contributed by atoms with Crippen LogP contribution in [0.25, 0.3) is 0 Å². The highest BCUT2D eigenvalue weighted by atomic mass is 16.2. The highest BCUT2D eigenvalue weighted by Gasteiger charge is 2.44. The Morgan fingerprint density at radius 3 is 2.36 bits per heavy atom. The van der Waals surface area contributed by atoms with Gasteiger partial charge in [0.1, 0.15) is 0 Å². The van der Waals surface area contributed by atoms with Crippen LogP contribution >= 0.6 is 0 Å². The van der Waals surface area contributed by atoms with Crippen molar-refractivity contribution in [2.45, 2.75) is 57.5 Å². The van der Waals surface area contributed by atoms with Gasteiger partial charge in [-0.2, -0.15) is 0 Å². The molecule has 1 amide bonds. The number of carbonyl (C=O) groups excluding carboxylic acids is 1. The van der Waals surface area contributed by atoms with Crippen molar-refractivity contribution in [2.75, 3.05) is 26.2 Å². The third-order valence-corrected chi connectivity index (χ3v) is 6.46. The number of hydrogen-bond acceptors (Lipinski definition) is 3. The van der Waals surface area contributed by atoms with E-state index in [0.29, 0.717) is 23.9 Å². The normalized spacial score (nSPS) is 24.0. The third kappa shape index (κ3) is 3.90. The van der Waals surface area contributed by atoms with E-state index >= 15 is 0 Å². The van der Waals surface area contributed by atoms with Crippen molar-refractivity contribution >= 4 is 5.91 Å². The molecular formula is C21H31N3O. The Hall–Kier alpha value is -1.39. The summed E-state index contributed by atoms with van der Waals surface area (Å²) in [5.74, 6) is 0.410. The molecule has 25 heavy (non-hydrogen) atoms. The van der Waals surface area contributed by atoms with Gasteiger partial charge in [-0.1, -0.05) is 24.3 Å². The van der Waals surface area contributed by atoms with Crippen molar-refractivity contribution in [3.63, 3.8) is 0 Å². The van der Waals surface area contributed by atoms with E-state index in [-0.39, 0.29) is 0 Å². The Balaban J connectivity index is 1.31. The number of rotatable bonds is 5. The standard InChI is InChI=1S/C21H31N3O/c22-12-8-17-1-3-18(4-2-17)15-23-13-10-21(11-14-23)9-7-20(25)24(16-21)19-5-6-19/h1-4,19H,5-16,22H2. The minimum absolute atomic E-state index is 0.401. The Morgan fingerprint density at radius 1 is 1.04 bits per heavy atom. The lowest BCUT2D eigenvalue weighted by atomic mass is 9.72. The molecule has 4 nitrogen and oxygen atoms in total. The van der Waals surface area contributed by atoms with E-state index in [1.165, 1.54) is 36.8 Å². The molecule has 1 spiro atoms. The summed E-state index contributed by atoms with van der Waals surface area (Å²) < 4.78 is 0. The van der Waals surface area contributed by atoms with Crippen LogP contribution < -0.4 is 5.73 Å². The SMILES string of the molecule is NCCc1ccc(CN2CCC3(CCC(=O)N(C4CC4)C3)CC2)cc1. The number of piperidine rings is 2. The van der Waals surface area contributed by atoms with Crippen molar-refractivity contribution in [2.24, 2.45) is 11.1 Å². The van der Waals surface area contributed by atoms with Crippen molar-refractivity contribution in [3.05, 3.63) is 35.4 Å². The first-order chi connectivity index (χ1) is 12.2. The number of carbonyl (C=O) groups is 1. The second-order valence-electron chi connectivity index (χ2n) is 8.38. The maximum Gasteiger partial charge on any atom is 0.222 e. The average Bonchev–Trinajstić information content (AvgIpc) is 3.46. The van der Waals surface area contributed by atoms with Crippen molar-refractivity contribution < 1.29 is 4.79 Å². The number of benzene rings is 1. The second-order valence-corrected chi connectivity index (χ2v) is 8.38. The van der Waals surface area contributed by atoms with Gasteiger partial charge in [-0.05, 0) is 74.7 Å². The fourth-order valence-corrected chi connectivity index (χ4v) is 4.59. The lowest BCUT2D eigenvalue weighted by Crippen LogP contribution is -2.52. The summed E-state index contributed by atoms with van der Waals surface area (Å²) in [6, 6.07) is 9.52. The molecule has 1 aromatic rings. The van der Waals surface area contributed by atoms with Crippen LogP contribution in [0.3, 0.4) is 0 Å². The summed E-state index contributed by atoms with van der Waals surface area (Å²) >= 11 is 0. The Kier molecular flexibility index (Phi) is 4.83. The van der Waals surface area contributed by atoms with Gasteiger partial charge < -0.3 is 10.6 Å². The minimum atomic E-state index is 0.401. The molecule has 4 heteroatoms. The lowest BCUT2D eigenvalue weighted by Gasteiger charge is -2.47. The van der Waals surface area contributed by atoms with Crippen LogP contribution in [0.4, 0.5) is 0 Å². The number of likely N-dealkylation sites (tertiary alicyclic amines) is 2. The van der Waals surface area contributed by atoms with Gasteiger partial charge in [-0.3, -0.25) is 9.69 Å². The number of nitrogens with two attached hydrogens (primary N) is 1. The Bertz CT molecular complexity index is 600. The first-order valence-electron chi connectivity index (χ1n) is 9.97. The van der Waals surface area contributed by atoms with Gasteiger partial charge in [0.2, 0.25) is 5.91 Å². The monoisotopic (exact) mass is 341 g/mol. The van der Waals surface area contributed by atoms with Gasteiger partial charge in [0.05, 0.1) is 0 Å². The second kappa shape index (κ2) is 7.08. The minimum Gasteiger partial charge on any atom is -0.339 e. The topological polar surface area (TPSA) is 49.6 Å². The molecule has 2 aliphatic heterocycles. The molecule has 2 N–H and O–H groups in total.